The fraction of sp³-hybridized carbons (Fsp3) is 0.357. The van der Waals surface area contributed by atoms with Gasteiger partial charge in [0.15, 0.2) is 11.6 Å². The molecule has 0 aliphatic heterocycles. The number of Topliss-reactive ketones (excluding diaryl/α,β-unsaturated/α-hetero) is 1. The van der Waals surface area contributed by atoms with Gasteiger partial charge < -0.3 is 0 Å². The van der Waals surface area contributed by atoms with Gasteiger partial charge in [-0.15, -0.1) is 11.3 Å². The molecule has 0 N–H and O–H groups in total. The van der Waals surface area contributed by atoms with E-state index in [1.807, 2.05) is 5.38 Å². The lowest BCUT2D eigenvalue weighted by atomic mass is 9.93. The van der Waals surface area contributed by atoms with Crippen molar-refractivity contribution in [2.24, 2.45) is 0 Å². The maximum atomic E-state index is 13.4. The lowest BCUT2D eigenvalue weighted by Crippen LogP contribution is -2.12. The number of hydrogen-bond acceptors (Lipinski definition) is 4. The van der Waals surface area contributed by atoms with Gasteiger partial charge >= 0.3 is 0 Å². The van der Waals surface area contributed by atoms with E-state index in [-0.39, 0.29) is 23.3 Å². The Morgan fingerprint density at radius 1 is 1.42 bits per heavy atom. The Kier molecular flexibility index (Phi) is 3.75. The highest BCUT2D eigenvalue weighted by molar-refractivity contribution is 7.09. The van der Waals surface area contributed by atoms with Crippen LogP contribution in [0.2, 0.25) is 0 Å². The molecular weight excluding hydrogens is 263 g/mol. The molecule has 0 saturated carbocycles. The van der Waals surface area contributed by atoms with Crippen LogP contribution in [-0.4, -0.2) is 15.8 Å². The first-order valence-corrected chi connectivity index (χ1v) is 6.84. The van der Waals surface area contributed by atoms with Gasteiger partial charge in [0, 0.05) is 17.0 Å². The summed E-state index contributed by atoms with van der Waals surface area (Å²) in [5, 5.41) is 2.64. The first-order valence-electron chi connectivity index (χ1n) is 5.96. The number of ketones is 1. The average Bonchev–Trinajstić information content (AvgIpc) is 2.77. The summed E-state index contributed by atoms with van der Waals surface area (Å²) in [5.74, 6) is -0.923. The van der Waals surface area contributed by atoms with Gasteiger partial charge in [-0.25, -0.2) is 9.37 Å². The van der Waals surface area contributed by atoms with Crippen molar-refractivity contribution in [1.82, 2.24) is 9.97 Å². The van der Waals surface area contributed by atoms with Crippen LogP contribution in [0.15, 0.2) is 23.7 Å². The van der Waals surface area contributed by atoms with Crippen molar-refractivity contribution >= 4 is 17.1 Å². The van der Waals surface area contributed by atoms with E-state index < -0.39 is 5.82 Å². The maximum absolute atomic E-state index is 13.4. The minimum Gasteiger partial charge on any atom is -0.292 e. The van der Waals surface area contributed by atoms with E-state index >= 15 is 0 Å². The third-order valence-electron chi connectivity index (χ3n) is 2.65. The molecule has 2 aromatic heterocycles. The standard InChI is InChI=1S/C14H15FN2OS/c1-14(2,3)11-8-19-12(17-11)7-10(18)13-9(15)5-4-6-16-13/h4-6,8H,7H2,1-3H3. The minimum atomic E-state index is -0.583. The van der Waals surface area contributed by atoms with Crippen LogP contribution in [0.25, 0.3) is 0 Å². The van der Waals surface area contributed by atoms with Gasteiger partial charge in [0.25, 0.3) is 0 Å². The Balaban J connectivity index is 2.16. The zero-order valence-corrected chi connectivity index (χ0v) is 11.9. The summed E-state index contributed by atoms with van der Waals surface area (Å²) in [6.45, 7) is 6.18. The molecule has 0 aromatic carbocycles. The second kappa shape index (κ2) is 5.17. The number of carbonyl (C=O) groups excluding carboxylic acids is 1. The Labute approximate surface area is 115 Å². The maximum Gasteiger partial charge on any atom is 0.190 e. The predicted octanol–water partition coefficient (Wildman–Crippen LogP) is 3.40. The highest BCUT2D eigenvalue weighted by atomic mass is 32.1. The predicted molar refractivity (Wildman–Crippen MR) is 73.0 cm³/mol. The number of rotatable bonds is 3. The lowest BCUT2D eigenvalue weighted by Gasteiger charge is -2.14. The Morgan fingerprint density at radius 3 is 2.74 bits per heavy atom. The smallest absolute Gasteiger partial charge is 0.190 e. The quantitative estimate of drug-likeness (QED) is 0.808. The number of nitrogens with zero attached hydrogens (tertiary/aromatic N) is 2. The molecule has 0 spiro atoms. The largest absolute Gasteiger partial charge is 0.292 e. The van der Waals surface area contributed by atoms with Crippen LogP contribution in [0.3, 0.4) is 0 Å². The van der Waals surface area contributed by atoms with Crippen LogP contribution in [0, 0.1) is 5.82 Å². The summed E-state index contributed by atoms with van der Waals surface area (Å²) in [7, 11) is 0. The van der Waals surface area contributed by atoms with Gasteiger partial charge in [0.2, 0.25) is 0 Å². The molecule has 0 amide bonds. The van der Waals surface area contributed by atoms with Gasteiger partial charge in [-0.2, -0.15) is 0 Å². The molecule has 0 fully saturated rings. The molecular formula is C14H15FN2OS. The highest BCUT2D eigenvalue weighted by Crippen LogP contribution is 2.24. The summed E-state index contributed by atoms with van der Waals surface area (Å²) >= 11 is 1.42. The summed E-state index contributed by atoms with van der Waals surface area (Å²) in [6, 6.07) is 2.70. The second-order valence-electron chi connectivity index (χ2n) is 5.31. The fourth-order valence-corrected chi connectivity index (χ4v) is 2.57. The van der Waals surface area contributed by atoms with Crippen molar-refractivity contribution in [2.75, 3.05) is 0 Å². The van der Waals surface area contributed by atoms with Crippen molar-refractivity contribution in [3.8, 4) is 0 Å². The summed E-state index contributed by atoms with van der Waals surface area (Å²) < 4.78 is 13.4. The van der Waals surface area contributed by atoms with E-state index in [1.165, 1.54) is 29.7 Å². The fourth-order valence-electron chi connectivity index (χ4n) is 1.55. The van der Waals surface area contributed by atoms with Gasteiger partial charge in [0.05, 0.1) is 12.1 Å². The number of carbonyl (C=O) groups is 1. The molecule has 0 aliphatic rings. The molecule has 5 heteroatoms. The summed E-state index contributed by atoms with van der Waals surface area (Å²) in [4.78, 5) is 20.2. The molecule has 0 bridgehead atoms. The Bertz CT molecular complexity index is 601. The number of thiazole rings is 1. The third-order valence-corrected chi connectivity index (χ3v) is 3.50. The summed E-state index contributed by atoms with van der Waals surface area (Å²) in [5.41, 5.74) is 0.783. The van der Waals surface area contributed by atoms with E-state index in [0.29, 0.717) is 5.01 Å². The molecule has 0 unspecified atom stereocenters. The van der Waals surface area contributed by atoms with Gasteiger partial charge in [-0.05, 0) is 12.1 Å². The molecule has 19 heavy (non-hydrogen) atoms. The van der Waals surface area contributed by atoms with E-state index in [9.17, 15) is 9.18 Å². The van der Waals surface area contributed by atoms with E-state index in [1.54, 1.807) is 0 Å². The van der Waals surface area contributed by atoms with E-state index in [2.05, 4.69) is 30.7 Å². The number of hydrogen-bond donors (Lipinski definition) is 0. The van der Waals surface area contributed by atoms with Crippen molar-refractivity contribution in [1.29, 1.82) is 0 Å². The van der Waals surface area contributed by atoms with Crippen molar-refractivity contribution < 1.29 is 9.18 Å². The van der Waals surface area contributed by atoms with Crippen LogP contribution in [-0.2, 0) is 11.8 Å². The van der Waals surface area contributed by atoms with Gasteiger partial charge in [-0.1, -0.05) is 20.8 Å². The normalized spacial score (nSPS) is 11.6. The molecule has 2 rings (SSSR count). The number of halogens is 1. The SMILES string of the molecule is CC(C)(C)c1csc(CC(=O)c2ncccc2F)n1. The summed E-state index contributed by atoms with van der Waals surface area (Å²) in [6.07, 6.45) is 1.51. The lowest BCUT2D eigenvalue weighted by molar-refractivity contribution is 0.0984. The first-order chi connectivity index (χ1) is 8.88. The van der Waals surface area contributed by atoms with Crippen molar-refractivity contribution in [3.05, 3.63) is 45.9 Å². The van der Waals surface area contributed by atoms with Crippen LogP contribution in [0.1, 0.15) is 42.0 Å². The van der Waals surface area contributed by atoms with Crippen LogP contribution < -0.4 is 0 Å². The molecule has 2 aromatic rings. The monoisotopic (exact) mass is 278 g/mol. The Morgan fingerprint density at radius 2 is 2.16 bits per heavy atom. The number of aromatic nitrogens is 2. The topological polar surface area (TPSA) is 42.9 Å². The molecule has 0 atom stereocenters. The number of pyridine rings is 1. The highest BCUT2D eigenvalue weighted by Gasteiger charge is 2.20. The van der Waals surface area contributed by atoms with E-state index in [4.69, 9.17) is 0 Å². The Hall–Kier alpha value is -1.62. The molecule has 3 nitrogen and oxygen atoms in total. The molecule has 0 aliphatic carbocycles. The molecule has 100 valence electrons. The molecule has 0 radical (unpaired) electrons. The average molecular weight is 278 g/mol. The first kappa shape index (κ1) is 13.8. The van der Waals surface area contributed by atoms with Crippen molar-refractivity contribution in [3.63, 3.8) is 0 Å². The zero-order chi connectivity index (χ0) is 14.0. The zero-order valence-electron chi connectivity index (χ0n) is 11.1. The van der Waals surface area contributed by atoms with Crippen LogP contribution in [0.4, 0.5) is 4.39 Å². The second-order valence-corrected chi connectivity index (χ2v) is 6.25. The van der Waals surface area contributed by atoms with Gasteiger partial charge in [-0.3, -0.25) is 9.78 Å². The van der Waals surface area contributed by atoms with Gasteiger partial charge in [0.1, 0.15) is 10.7 Å². The molecule has 0 saturated heterocycles. The van der Waals surface area contributed by atoms with Crippen molar-refractivity contribution in [2.45, 2.75) is 32.6 Å². The minimum absolute atomic E-state index is 0.0476. The van der Waals surface area contributed by atoms with E-state index in [0.717, 1.165) is 5.69 Å². The van der Waals surface area contributed by atoms with Crippen LogP contribution >= 0.6 is 11.3 Å². The molecule has 2 heterocycles. The van der Waals surface area contributed by atoms with Crippen LogP contribution in [0.5, 0.6) is 0 Å². The third kappa shape index (κ3) is 3.23.